The summed E-state index contributed by atoms with van der Waals surface area (Å²) in [5.41, 5.74) is 2.88. The first-order valence-corrected chi connectivity index (χ1v) is 14.3. The molecule has 0 aliphatic heterocycles. The van der Waals surface area contributed by atoms with Gasteiger partial charge in [-0.1, -0.05) is 60.5 Å². The predicted octanol–water partition coefficient (Wildman–Crippen LogP) is 5.36. The van der Waals surface area contributed by atoms with Crippen molar-refractivity contribution in [2.45, 2.75) is 44.7 Å². The highest BCUT2D eigenvalue weighted by Crippen LogP contribution is 2.28. The van der Waals surface area contributed by atoms with Crippen LogP contribution >= 0.6 is 23.2 Å². The van der Waals surface area contributed by atoms with Crippen molar-refractivity contribution in [3.63, 3.8) is 0 Å². The van der Waals surface area contributed by atoms with Gasteiger partial charge in [0.25, 0.3) is 10.0 Å². The van der Waals surface area contributed by atoms with Gasteiger partial charge in [-0.15, -0.1) is 0 Å². The van der Waals surface area contributed by atoms with Crippen LogP contribution in [-0.4, -0.2) is 44.8 Å². The van der Waals surface area contributed by atoms with Crippen LogP contribution in [0.5, 0.6) is 0 Å². The number of aryl methyl sites for hydroxylation is 2. The SMILES string of the molecule is CC[C@@H](C(=O)NC)N(Cc1ccc(Cl)c(Cl)c1)C(=O)CN(c1ccc(C)c(C)c1)S(=O)(=O)c1ccccc1. The molecular formula is C28H31Cl2N3O4S. The van der Waals surface area contributed by atoms with E-state index in [0.29, 0.717) is 27.7 Å². The summed E-state index contributed by atoms with van der Waals surface area (Å²) in [6, 6.07) is 17.3. The van der Waals surface area contributed by atoms with Crippen molar-refractivity contribution in [1.82, 2.24) is 10.2 Å². The highest BCUT2D eigenvalue weighted by Gasteiger charge is 2.33. The number of halogens is 2. The van der Waals surface area contributed by atoms with Crippen LogP contribution in [0.4, 0.5) is 5.69 Å². The van der Waals surface area contributed by atoms with Crippen molar-refractivity contribution in [3.05, 3.63) is 93.5 Å². The van der Waals surface area contributed by atoms with Gasteiger partial charge in [0.2, 0.25) is 11.8 Å². The Labute approximate surface area is 234 Å². The summed E-state index contributed by atoms with van der Waals surface area (Å²) in [6.45, 7) is 5.12. The van der Waals surface area contributed by atoms with Gasteiger partial charge in [0.1, 0.15) is 12.6 Å². The second kappa shape index (κ2) is 12.7. The van der Waals surface area contributed by atoms with Gasteiger partial charge in [0, 0.05) is 13.6 Å². The number of carbonyl (C=O) groups is 2. The van der Waals surface area contributed by atoms with E-state index in [4.69, 9.17) is 23.2 Å². The summed E-state index contributed by atoms with van der Waals surface area (Å²) < 4.78 is 28.7. The molecule has 0 saturated carbocycles. The molecule has 2 amide bonds. The molecule has 202 valence electrons. The van der Waals surface area contributed by atoms with Crippen molar-refractivity contribution in [3.8, 4) is 0 Å². The molecule has 3 aromatic rings. The predicted molar refractivity (Wildman–Crippen MR) is 152 cm³/mol. The highest BCUT2D eigenvalue weighted by molar-refractivity contribution is 7.92. The first kappa shape index (κ1) is 29.5. The Balaban J connectivity index is 2.08. The lowest BCUT2D eigenvalue weighted by Crippen LogP contribution is -2.51. The zero-order valence-corrected chi connectivity index (χ0v) is 24.1. The van der Waals surface area contributed by atoms with Gasteiger partial charge in [-0.3, -0.25) is 13.9 Å². The van der Waals surface area contributed by atoms with E-state index in [1.54, 1.807) is 55.5 Å². The lowest BCUT2D eigenvalue weighted by Gasteiger charge is -2.33. The number of hydrogen-bond donors (Lipinski definition) is 1. The summed E-state index contributed by atoms with van der Waals surface area (Å²) >= 11 is 12.3. The first-order valence-electron chi connectivity index (χ1n) is 12.1. The number of likely N-dealkylation sites (N-methyl/N-ethyl adjacent to an activating group) is 1. The van der Waals surface area contributed by atoms with Crippen LogP contribution in [0.2, 0.25) is 10.0 Å². The highest BCUT2D eigenvalue weighted by atomic mass is 35.5. The number of sulfonamides is 1. The third-order valence-electron chi connectivity index (χ3n) is 6.36. The van der Waals surface area contributed by atoms with Gasteiger partial charge in [0.05, 0.1) is 20.6 Å². The third kappa shape index (κ3) is 6.67. The molecule has 1 N–H and O–H groups in total. The van der Waals surface area contributed by atoms with Crippen molar-refractivity contribution < 1.29 is 18.0 Å². The number of hydrogen-bond acceptors (Lipinski definition) is 4. The molecule has 0 aliphatic carbocycles. The van der Waals surface area contributed by atoms with Crippen LogP contribution < -0.4 is 9.62 Å². The second-order valence-corrected chi connectivity index (χ2v) is 11.6. The Hall–Kier alpha value is -3.07. The van der Waals surface area contributed by atoms with E-state index in [9.17, 15) is 18.0 Å². The van der Waals surface area contributed by atoms with E-state index in [1.165, 1.54) is 24.1 Å². The maximum atomic E-state index is 13.9. The quantitative estimate of drug-likeness (QED) is 0.352. The van der Waals surface area contributed by atoms with Crippen molar-refractivity contribution in [1.29, 1.82) is 0 Å². The summed E-state index contributed by atoms with van der Waals surface area (Å²) in [4.78, 5) is 28.1. The van der Waals surface area contributed by atoms with Gasteiger partial charge in [0.15, 0.2) is 0 Å². The molecule has 0 fully saturated rings. The van der Waals surface area contributed by atoms with Crippen molar-refractivity contribution in [2.75, 3.05) is 17.9 Å². The van der Waals surface area contributed by atoms with Crippen LogP contribution in [0, 0.1) is 13.8 Å². The molecule has 10 heteroatoms. The topological polar surface area (TPSA) is 86.8 Å². The molecule has 0 radical (unpaired) electrons. The van der Waals surface area contributed by atoms with E-state index in [1.807, 2.05) is 19.9 Å². The van der Waals surface area contributed by atoms with Gasteiger partial charge in [-0.05, 0) is 73.4 Å². The molecule has 0 heterocycles. The molecule has 3 aromatic carbocycles. The molecule has 0 saturated heterocycles. The van der Waals surface area contributed by atoms with Gasteiger partial charge in [-0.2, -0.15) is 0 Å². The number of carbonyl (C=O) groups excluding carboxylic acids is 2. The molecule has 0 aromatic heterocycles. The molecule has 3 rings (SSSR count). The Morgan fingerprint density at radius 2 is 1.61 bits per heavy atom. The molecule has 0 spiro atoms. The standard InChI is InChI=1S/C28H31Cl2N3O4S/c1-5-26(28(35)31-4)32(17-21-12-14-24(29)25(30)16-21)27(34)18-33(22-13-11-19(2)20(3)15-22)38(36,37)23-9-7-6-8-10-23/h6-16,26H,5,17-18H2,1-4H3,(H,31,35)/t26-/m0/s1. The lowest BCUT2D eigenvalue weighted by molar-refractivity contribution is -0.140. The van der Waals surface area contributed by atoms with Crippen LogP contribution in [0.1, 0.15) is 30.0 Å². The van der Waals surface area contributed by atoms with Crippen LogP contribution in [0.15, 0.2) is 71.6 Å². The Morgan fingerprint density at radius 3 is 2.18 bits per heavy atom. The van der Waals surface area contributed by atoms with E-state index < -0.39 is 28.5 Å². The van der Waals surface area contributed by atoms with E-state index in [-0.39, 0.29) is 17.3 Å². The smallest absolute Gasteiger partial charge is 0.264 e. The summed E-state index contributed by atoms with van der Waals surface area (Å²) in [5, 5.41) is 3.28. The Bertz CT molecular complexity index is 1410. The fraction of sp³-hybridized carbons (Fsp3) is 0.286. The molecule has 1 atom stereocenters. The molecule has 0 bridgehead atoms. The largest absolute Gasteiger partial charge is 0.357 e. The van der Waals surface area contributed by atoms with Crippen LogP contribution in [-0.2, 0) is 26.2 Å². The van der Waals surface area contributed by atoms with Crippen molar-refractivity contribution >= 4 is 50.7 Å². The molecule has 38 heavy (non-hydrogen) atoms. The minimum Gasteiger partial charge on any atom is -0.357 e. The number of benzene rings is 3. The number of rotatable bonds is 10. The first-order chi connectivity index (χ1) is 18.0. The number of anilines is 1. The van der Waals surface area contributed by atoms with E-state index in [0.717, 1.165) is 15.4 Å². The zero-order chi connectivity index (χ0) is 28.0. The normalized spacial score (nSPS) is 12.1. The fourth-order valence-electron chi connectivity index (χ4n) is 4.05. The van der Waals surface area contributed by atoms with Crippen molar-refractivity contribution in [2.24, 2.45) is 0 Å². The summed E-state index contributed by atoms with van der Waals surface area (Å²) in [7, 11) is -2.61. The number of nitrogens with one attached hydrogen (secondary N) is 1. The second-order valence-electron chi connectivity index (χ2n) is 8.90. The fourth-order valence-corrected chi connectivity index (χ4v) is 5.80. The molecular weight excluding hydrogens is 545 g/mol. The third-order valence-corrected chi connectivity index (χ3v) is 8.88. The van der Waals surface area contributed by atoms with Crippen LogP contribution in [0.3, 0.4) is 0 Å². The van der Waals surface area contributed by atoms with Crippen LogP contribution in [0.25, 0.3) is 0 Å². The maximum absolute atomic E-state index is 13.9. The average molecular weight is 577 g/mol. The Morgan fingerprint density at radius 1 is 0.921 bits per heavy atom. The minimum atomic E-state index is -4.11. The Kier molecular flexibility index (Phi) is 9.82. The van der Waals surface area contributed by atoms with Gasteiger partial charge in [-0.25, -0.2) is 8.42 Å². The molecule has 0 unspecified atom stereocenters. The average Bonchev–Trinajstić information content (AvgIpc) is 2.90. The molecule has 7 nitrogen and oxygen atoms in total. The summed E-state index contributed by atoms with van der Waals surface area (Å²) in [5.74, 6) is -0.895. The lowest BCUT2D eigenvalue weighted by atomic mass is 10.1. The number of nitrogens with zero attached hydrogens (tertiary/aromatic N) is 2. The summed E-state index contributed by atoms with van der Waals surface area (Å²) in [6.07, 6.45) is 0.321. The van der Waals surface area contributed by atoms with E-state index >= 15 is 0 Å². The number of amides is 2. The van der Waals surface area contributed by atoms with E-state index in [2.05, 4.69) is 5.32 Å². The minimum absolute atomic E-state index is 0.0355. The monoisotopic (exact) mass is 575 g/mol. The maximum Gasteiger partial charge on any atom is 0.264 e. The zero-order valence-electron chi connectivity index (χ0n) is 21.7. The van der Waals surface area contributed by atoms with Gasteiger partial charge >= 0.3 is 0 Å². The van der Waals surface area contributed by atoms with Gasteiger partial charge < -0.3 is 10.2 Å². The molecule has 0 aliphatic rings.